The summed E-state index contributed by atoms with van der Waals surface area (Å²) in [5.74, 6) is -1.07. The van der Waals surface area contributed by atoms with Gasteiger partial charge in [0, 0.05) is 31.5 Å². The Balaban J connectivity index is 1.34. The normalized spacial score (nSPS) is 16.8. The monoisotopic (exact) mass is 450 g/mol. The molecule has 33 heavy (non-hydrogen) atoms. The molecule has 1 heterocycles. The summed E-state index contributed by atoms with van der Waals surface area (Å²) in [7, 11) is 0. The Morgan fingerprint density at radius 2 is 1.67 bits per heavy atom. The van der Waals surface area contributed by atoms with Crippen LogP contribution in [0.4, 0.5) is 4.79 Å². The second kappa shape index (κ2) is 9.25. The number of alkyl carbamates (subject to hydrolysis) is 1. The molecule has 2 aliphatic rings. The van der Waals surface area contributed by atoms with Crippen LogP contribution in [0.25, 0.3) is 11.1 Å². The maximum Gasteiger partial charge on any atom is 0.407 e. The zero-order valence-electron chi connectivity index (χ0n) is 19.0. The summed E-state index contributed by atoms with van der Waals surface area (Å²) < 4.78 is 5.61. The molecule has 0 bridgehead atoms. The Morgan fingerprint density at radius 3 is 2.21 bits per heavy atom. The lowest BCUT2D eigenvalue weighted by atomic mass is 9.81. The van der Waals surface area contributed by atoms with Gasteiger partial charge in [-0.2, -0.15) is 0 Å². The number of carboxylic acids is 1. The molecule has 0 spiro atoms. The quantitative estimate of drug-likeness (QED) is 0.633. The molecule has 7 nitrogen and oxygen atoms in total. The van der Waals surface area contributed by atoms with E-state index in [4.69, 9.17) is 4.74 Å². The van der Waals surface area contributed by atoms with Gasteiger partial charge in [0.1, 0.15) is 6.61 Å². The summed E-state index contributed by atoms with van der Waals surface area (Å²) in [6, 6.07) is 16.0. The molecule has 0 radical (unpaired) electrons. The van der Waals surface area contributed by atoms with E-state index in [2.05, 4.69) is 29.6 Å². The minimum absolute atomic E-state index is 0.0239. The summed E-state index contributed by atoms with van der Waals surface area (Å²) in [6.45, 7) is 4.24. The van der Waals surface area contributed by atoms with Crippen LogP contribution in [0, 0.1) is 5.41 Å². The van der Waals surface area contributed by atoms with Gasteiger partial charge in [-0.25, -0.2) is 4.79 Å². The molecule has 2 aromatic rings. The van der Waals surface area contributed by atoms with Crippen LogP contribution in [0.3, 0.4) is 0 Å². The van der Waals surface area contributed by atoms with E-state index in [9.17, 15) is 19.5 Å². The first-order valence-corrected chi connectivity index (χ1v) is 11.4. The van der Waals surface area contributed by atoms with Gasteiger partial charge in [-0.15, -0.1) is 0 Å². The molecule has 1 fully saturated rings. The fourth-order valence-corrected chi connectivity index (χ4v) is 4.83. The molecule has 1 aliphatic carbocycles. The van der Waals surface area contributed by atoms with Gasteiger partial charge < -0.3 is 20.1 Å². The number of fused-ring (bicyclic) bond motifs is 3. The summed E-state index contributed by atoms with van der Waals surface area (Å²) in [5, 5.41) is 12.1. The average molecular weight is 451 g/mol. The summed E-state index contributed by atoms with van der Waals surface area (Å²) >= 11 is 0. The van der Waals surface area contributed by atoms with Crippen molar-refractivity contribution in [3.63, 3.8) is 0 Å². The van der Waals surface area contributed by atoms with Crippen molar-refractivity contribution in [1.82, 2.24) is 10.2 Å². The second-order valence-corrected chi connectivity index (χ2v) is 9.28. The topological polar surface area (TPSA) is 95.9 Å². The van der Waals surface area contributed by atoms with Crippen molar-refractivity contribution in [2.75, 3.05) is 19.7 Å². The highest BCUT2D eigenvalue weighted by Crippen LogP contribution is 2.44. The second-order valence-electron chi connectivity index (χ2n) is 9.28. The predicted octanol–water partition coefficient (Wildman–Crippen LogP) is 4.02. The van der Waals surface area contributed by atoms with E-state index in [-0.39, 0.29) is 44.0 Å². The van der Waals surface area contributed by atoms with Crippen molar-refractivity contribution in [1.29, 1.82) is 0 Å². The molecule has 4 rings (SSSR count). The highest BCUT2D eigenvalue weighted by Gasteiger charge is 2.47. The van der Waals surface area contributed by atoms with Crippen molar-refractivity contribution in [3.05, 3.63) is 59.7 Å². The largest absolute Gasteiger partial charge is 0.481 e. The first-order chi connectivity index (χ1) is 15.8. The Labute approximate surface area is 193 Å². The van der Waals surface area contributed by atoms with Crippen molar-refractivity contribution in [2.24, 2.45) is 5.41 Å². The molecule has 0 unspecified atom stereocenters. The lowest BCUT2D eigenvalue weighted by Crippen LogP contribution is -2.61. The number of carbonyl (C=O) groups excluding carboxylic acids is 2. The van der Waals surface area contributed by atoms with Gasteiger partial charge in [-0.05, 0) is 35.6 Å². The van der Waals surface area contributed by atoms with Crippen molar-refractivity contribution < 1.29 is 24.2 Å². The number of hydrogen-bond acceptors (Lipinski definition) is 4. The van der Waals surface area contributed by atoms with Crippen LogP contribution in [-0.4, -0.2) is 53.7 Å². The van der Waals surface area contributed by atoms with Crippen LogP contribution in [-0.2, 0) is 14.3 Å². The smallest absolute Gasteiger partial charge is 0.407 e. The fraction of sp³-hybridized carbons (Fsp3) is 0.423. The molecule has 2 amide bonds. The molecule has 1 atom stereocenters. The molecule has 1 saturated heterocycles. The number of amides is 2. The Hall–Kier alpha value is -3.35. The SMILES string of the molecule is CCC[C@H](CC(=O)N1CC(C)(C(=O)O)C1)NC(=O)OCC1c2ccccc2-c2ccccc21. The number of carbonyl (C=O) groups is 3. The van der Waals surface area contributed by atoms with E-state index in [1.807, 2.05) is 31.2 Å². The third-order valence-electron chi connectivity index (χ3n) is 6.67. The van der Waals surface area contributed by atoms with Crippen molar-refractivity contribution in [2.45, 2.75) is 45.1 Å². The van der Waals surface area contributed by atoms with E-state index >= 15 is 0 Å². The average Bonchev–Trinajstić information content (AvgIpc) is 3.09. The summed E-state index contributed by atoms with van der Waals surface area (Å²) in [4.78, 5) is 38.0. The number of nitrogens with one attached hydrogen (secondary N) is 1. The van der Waals surface area contributed by atoms with Gasteiger partial charge >= 0.3 is 12.1 Å². The molecule has 0 aromatic heterocycles. The lowest BCUT2D eigenvalue weighted by Gasteiger charge is -2.45. The molecular formula is C26H30N2O5. The number of nitrogens with zero attached hydrogens (tertiary/aromatic N) is 1. The highest BCUT2D eigenvalue weighted by molar-refractivity contribution is 5.84. The minimum Gasteiger partial charge on any atom is -0.481 e. The van der Waals surface area contributed by atoms with E-state index in [0.717, 1.165) is 17.5 Å². The number of rotatable bonds is 8. The first-order valence-electron chi connectivity index (χ1n) is 11.4. The number of hydrogen-bond donors (Lipinski definition) is 2. The fourth-order valence-electron chi connectivity index (χ4n) is 4.83. The van der Waals surface area contributed by atoms with Crippen LogP contribution in [0.15, 0.2) is 48.5 Å². The number of benzene rings is 2. The zero-order valence-corrected chi connectivity index (χ0v) is 19.0. The Bertz CT molecular complexity index is 1010. The Morgan fingerprint density at radius 1 is 1.09 bits per heavy atom. The van der Waals surface area contributed by atoms with Crippen molar-refractivity contribution in [3.8, 4) is 11.1 Å². The van der Waals surface area contributed by atoms with E-state index < -0.39 is 17.5 Å². The third kappa shape index (κ3) is 4.58. The predicted molar refractivity (Wildman–Crippen MR) is 124 cm³/mol. The van der Waals surface area contributed by atoms with Gasteiger partial charge in [-0.3, -0.25) is 9.59 Å². The van der Waals surface area contributed by atoms with Gasteiger partial charge in [0.05, 0.1) is 5.41 Å². The molecule has 2 aromatic carbocycles. The summed E-state index contributed by atoms with van der Waals surface area (Å²) in [5.41, 5.74) is 3.74. The van der Waals surface area contributed by atoms with Crippen LogP contribution in [0.2, 0.25) is 0 Å². The molecule has 0 saturated carbocycles. The number of carboxylic acid groups (broad SMARTS) is 1. The molecule has 2 N–H and O–H groups in total. The van der Waals surface area contributed by atoms with E-state index in [0.29, 0.717) is 6.42 Å². The lowest BCUT2D eigenvalue weighted by molar-refractivity contribution is -0.164. The number of aliphatic carboxylic acids is 1. The molecular weight excluding hydrogens is 420 g/mol. The van der Waals surface area contributed by atoms with Crippen molar-refractivity contribution >= 4 is 18.0 Å². The molecule has 174 valence electrons. The minimum atomic E-state index is -0.895. The zero-order chi connectivity index (χ0) is 23.6. The number of likely N-dealkylation sites (tertiary alicyclic amines) is 1. The van der Waals surface area contributed by atoms with Gasteiger partial charge in [-0.1, -0.05) is 61.9 Å². The maximum absolute atomic E-state index is 12.6. The van der Waals surface area contributed by atoms with Crippen LogP contribution in [0.5, 0.6) is 0 Å². The van der Waals surface area contributed by atoms with Crippen LogP contribution >= 0.6 is 0 Å². The van der Waals surface area contributed by atoms with Crippen LogP contribution < -0.4 is 5.32 Å². The van der Waals surface area contributed by atoms with E-state index in [1.54, 1.807) is 6.92 Å². The van der Waals surface area contributed by atoms with Crippen LogP contribution in [0.1, 0.15) is 50.2 Å². The van der Waals surface area contributed by atoms with Gasteiger partial charge in [0.25, 0.3) is 0 Å². The standard InChI is InChI=1S/C26H30N2O5/c1-3-8-17(13-23(29)28-15-26(2,16-28)24(30)31)27-25(32)33-14-22-20-11-6-4-9-18(20)19-10-5-7-12-21(19)22/h4-7,9-12,17,22H,3,8,13-16H2,1-2H3,(H,27,32)(H,30,31)/t17-/m1/s1. The number of ether oxygens (including phenoxy) is 1. The first kappa shape index (κ1) is 22.8. The highest BCUT2D eigenvalue weighted by atomic mass is 16.5. The summed E-state index contributed by atoms with van der Waals surface area (Å²) in [6.07, 6.45) is 1.03. The molecule has 7 heteroatoms. The Kier molecular flexibility index (Phi) is 6.40. The van der Waals surface area contributed by atoms with E-state index in [1.165, 1.54) is 16.0 Å². The maximum atomic E-state index is 12.6. The van der Waals surface area contributed by atoms with Gasteiger partial charge in [0.2, 0.25) is 5.91 Å². The molecule has 1 aliphatic heterocycles. The van der Waals surface area contributed by atoms with Gasteiger partial charge in [0.15, 0.2) is 0 Å². The third-order valence-corrected chi connectivity index (χ3v) is 6.67.